The molecular weight excluding hydrogens is 460 g/mol. The molecule has 0 radical (unpaired) electrons. The molecule has 3 aromatic rings. The van der Waals surface area contributed by atoms with Gasteiger partial charge in [-0.25, -0.2) is 0 Å². The average molecular weight is 485 g/mol. The Morgan fingerprint density at radius 2 is 2.06 bits per heavy atom. The quantitative estimate of drug-likeness (QED) is 0.397. The van der Waals surface area contributed by atoms with Gasteiger partial charge in [0.1, 0.15) is 5.75 Å². The van der Waals surface area contributed by atoms with E-state index in [0.29, 0.717) is 22.4 Å². The van der Waals surface area contributed by atoms with Gasteiger partial charge in [0.25, 0.3) is 0 Å². The third-order valence-corrected chi connectivity index (χ3v) is 6.54. The summed E-state index contributed by atoms with van der Waals surface area (Å²) in [6, 6.07) is 12.4. The standard InChI is InChI=1S/C24H25ClN4O3S/c1-14-12-17(15(2)29(14)19-13-16(25)7-8-20(19)30)23-22(18-6-4-5-10-26-18)27-24(33)28(23)11-9-21(31)32-3/h4-8,10,12-13,22-23,30H,9,11H2,1-3H3,(H,27,33)/t22-,23-/m0/s1. The largest absolute Gasteiger partial charge is 0.506 e. The Bertz CT molecular complexity index is 1200. The molecule has 33 heavy (non-hydrogen) atoms. The molecule has 2 atom stereocenters. The molecule has 2 aromatic heterocycles. The van der Waals surface area contributed by atoms with E-state index in [1.165, 1.54) is 7.11 Å². The van der Waals surface area contributed by atoms with Crippen LogP contribution in [-0.4, -0.2) is 44.3 Å². The van der Waals surface area contributed by atoms with E-state index in [2.05, 4.69) is 16.4 Å². The van der Waals surface area contributed by atoms with Crippen molar-refractivity contribution in [2.24, 2.45) is 0 Å². The highest BCUT2D eigenvalue weighted by molar-refractivity contribution is 7.80. The molecule has 1 saturated heterocycles. The number of carbonyl (C=O) groups is 1. The number of nitrogens with zero attached hydrogens (tertiary/aromatic N) is 3. The third kappa shape index (κ3) is 4.41. The number of phenols is 1. The normalized spacial score (nSPS) is 17.8. The topological polar surface area (TPSA) is 79.6 Å². The second-order valence-corrected chi connectivity index (χ2v) is 8.76. The summed E-state index contributed by atoms with van der Waals surface area (Å²) >= 11 is 11.9. The number of nitrogens with one attached hydrogen (secondary N) is 1. The van der Waals surface area contributed by atoms with Crippen LogP contribution >= 0.6 is 23.8 Å². The maximum atomic E-state index is 11.9. The number of rotatable bonds is 6. The highest BCUT2D eigenvalue weighted by Crippen LogP contribution is 2.42. The summed E-state index contributed by atoms with van der Waals surface area (Å²) in [7, 11) is 1.38. The summed E-state index contributed by atoms with van der Waals surface area (Å²) in [5.74, 6) is -0.163. The van der Waals surface area contributed by atoms with Crippen LogP contribution in [0.5, 0.6) is 5.75 Å². The van der Waals surface area contributed by atoms with Crippen molar-refractivity contribution < 1.29 is 14.6 Å². The summed E-state index contributed by atoms with van der Waals surface area (Å²) in [5.41, 5.74) is 4.34. The van der Waals surface area contributed by atoms with Crippen molar-refractivity contribution in [3.63, 3.8) is 0 Å². The van der Waals surface area contributed by atoms with Crippen LogP contribution in [0.3, 0.4) is 0 Å². The molecule has 0 aliphatic carbocycles. The van der Waals surface area contributed by atoms with E-state index < -0.39 is 0 Å². The zero-order valence-corrected chi connectivity index (χ0v) is 20.2. The minimum absolute atomic E-state index is 0.136. The maximum Gasteiger partial charge on any atom is 0.307 e. The number of ether oxygens (including phenoxy) is 1. The van der Waals surface area contributed by atoms with E-state index in [4.69, 9.17) is 28.6 Å². The zero-order chi connectivity index (χ0) is 23.7. The SMILES string of the molecule is COC(=O)CCN1C(=S)N[C@@H](c2ccccn2)[C@@H]1c1cc(C)n(-c2cc(Cl)ccc2O)c1C. The van der Waals surface area contributed by atoms with Gasteiger partial charge in [-0.3, -0.25) is 9.78 Å². The number of hydrogen-bond donors (Lipinski definition) is 2. The van der Waals surface area contributed by atoms with Crippen LogP contribution in [-0.2, 0) is 9.53 Å². The van der Waals surface area contributed by atoms with Gasteiger partial charge in [0.2, 0.25) is 0 Å². The Kier molecular flexibility index (Phi) is 6.58. The van der Waals surface area contributed by atoms with Crippen molar-refractivity contribution in [2.75, 3.05) is 13.7 Å². The number of esters is 1. The van der Waals surface area contributed by atoms with Crippen molar-refractivity contribution in [1.29, 1.82) is 0 Å². The van der Waals surface area contributed by atoms with Crippen molar-refractivity contribution in [1.82, 2.24) is 19.8 Å². The fraction of sp³-hybridized carbons (Fsp3) is 0.292. The molecule has 0 unspecified atom stereocenters. The summed E-state index contributed by atoms with van der Waals surface area (Å²) in [6.07, 6.45) is 1.96. The molecule has 9 heteroatoms. The van der Waals surface area contributed by atoms with Crippen LogP contribution in [0.25, 0.3) is 5.69 Å². The van der Waals surface area contributed by atoms with Crippen LogP contribution in [0.2, 0.25) is 5.02 Å². The summed E-state index contributed by atoms with van der Waals surface area (Å²) in [4.78, 5) is 18.4. The molecule has 1 fully saturated rings. The first-order valence-corrected chi connectivity index (χ1v) is 11.3. The molecule has 1 aromatic carbocycles. The van der Waals surface area contributed by atoms with E-state index in [1.807, 2.05) is 41.5 Å². The Morgan fingerprint density at radius 3 is 2.76 bits per heavy atom. The second kappa shape index (κ2) is 9.41. The van der Waals surface area contributed by atoms with Crippen LogP contribution in [0.15, 0.2) is 48.7 Å². The first kappa shape index (κ1) is 23.1. The van der Waals surface area contributed by atoms with Crippen LogP contribution in [0, 0.1) is 13.8 Å². The predicted molar refractivity (Wildman–Crippen MR) is 131 cm³/mol. The molecular formula is C24H25ClN4O3S. The Labute approximate surface area is 203 Å². The van der Waals surface area contributed by atoms with Gasteiger partial charge in [0.05, 0.1) is 37.0 Å². The number of aromatic hydroxyl groups is 1. The van der Waals surface area contributed by atoms with Gasteiger partial charge < -0.3 is 24.6 Å². The van der Waals surface area contributed by atoms with Crippen molar-refractivity contribution in [3.05, 3.63) is 76.3 Å². The first-order chi connectivity index (χ1) is 15.8. The van der Waals surface area contributed by atoms with Gasteiger partial charge in [-0.05, 0) is 68.0 Å². The van der Waals surface area contributed by atoms with Crippen LogP contribution in [0.1, 0.15) is 41.1 Å². The van der Waals surface area contributed by atoms with Gasteiger partial charge in [-0.2, -0.15) is 0 Å². The zero-order valence-electron chi connectivity index (χ0n) is 18.6. The molecule has 7 nitrogen and oxygen atoms in total. The lowest BCUT2D eigenvalue weighted by molar-refractivity contribution is -0.140. The molecule has 1 aliphatic heterocycles. The van der Waals surface area contributed by atoms with Crippen LogP contribution in [0.4, 0.5) is 0 Å². The summed E-state index contributed by atoms with van der Waals surface area (Å²) in [5, 5.41) is 15.0. The lowest BCUT2D eigenvalue weighted by Gasteiger charge is -2.28. The molecule has 3 heterocycles. The molecule has 0 spiro atoms. The van der Waals surface area contributed by atoms with E-state index in [9.17, 15) is 9.90 Å². The number of aromatic nitrogens is 2. The number of aryl methyl sites for hydroxylation is 1. The van der Waals surface area contributed by atoms with Gasteiger partial charge >= 0.3 is 5.97 Å². The number of methoxy groups -OCH3 is 1. The monoisotopic (exact) mass is 484 g/mol. The predicted octanol–water partition coefficient (Wildman–Crippen LogP) is 4.38. The number of phenolic OH excluding ortho intramolecular Hbond substituents is 1. The van der Waals surface area contributed by atoms with Gasteiger partial charge in [-0.1, -0.05) is 17.7 Å². The minimum Gasteiger partial charge on any atom is -0.506 e. The van der Waals surface area contributed by atoms with Crippen molar-refractivity contribution in [3.8, 4) is 11.4 Å². The van der Waals surface area contributed by atoms with Crippen molar-refractivity contribution >= 4 is 34.9 Å². The van der Waals surface area contributed by atoms with Crippen molar-refractivity contribution in [2.45, 2.75) is 32.4 Å². The number of benzene rings is 1. The molecule has 0 bridgehead atoms. The number of thiocarbonyl (C=S) groups is 1. The summed E-state index contributed by atoms with van der Waals surface area (Å²) < 4.78 is 6.82. The third-order valence-electron chi connectivity index (χ3n) is 5.95. The van der Waals surface area contributed by atoms with Gasteiger partial charge in [0.15, 0.2) is 5.11 Å². The number of halogens is 1. The highest BCUT2D eigenvalue weighted by atomic mass is 35.5. The molecule has 2 N–H and O–H groups in total. The molecule has 172 valence electrons. The Morgan fingerprint density at radius 1 is 1.27 bits per heavy atom. The van der Waals surface area contributed by atoms with E-state index in [-0.39, 0.29) is 30.2 Å². The molecule has 0 amide bonds. The fourth-order valence-corrected chi connectivity index (χ4v) is 4.93. The fourth-order valence-electron chi connectivity index (χ4n) is 4.43. The molecule has 4 rings (SSSR count). The highest BCUT2D eigenvalue weighted by Gasteiger charge is 2.41. The smallest absolute Gasteiger partial charge is 0.307 e. The van der Waals surface area contributed by atoms with Crippen LogP contribution < -0.4 is 5.32 Å². The lowest BCUT2D eigenvalue weighted by Crippen LogP contribution is -2.32. The molecule has 0 saturated carbocycles. The average Bonchev–Trinajstić information content (AvgIpc) is 3.29. The number of pyridine rings is 1. The Hall–Kier alpha value is -3.10. The van der Waals surface area contributed by atoms with Gasteiger partial charge in [-0.15, -0.1) is 0 Å². The van der Waals surface area contributed by atoms with E-state index in [0.717, 1.165) is 22.6 Å². The second-order valence-electron chi connectivity index (χ2n) is 7.94. The summed E-state index contributed by atoms with van der Waals surface area (Å²) in [6.45, 7) is 4.38. The minimum atomic E-state index is -0.299. The van der Waals surface area contributed by atoms with Gasteiger partial charge in [0, 0.05) is 29.2 Å². The van der Waals surface area contributed by atoms with E-state index >= 15 is 0 Å². The van der Waals surface area contributed by atoms with E-state index in [1.54, 1.807) is 24.4 Å². The molecule has 1 aliphatic rings. The first-order valence-electron chi connectivity index (χ1n) is 10.5. The number of hydrogen-bond acceptors (Lipinski definition) is 5. The lowest BCUT2D eigenvalue weighted by atomic mass is 9.96. The maximum absolute atomic E-state index is 11.9. The number of carbonyl (C=O) groups excluding carboxylic acids is 1. The Balaban J connectivity index is 1.82.